The Morgan fingerprint density at radius 1 is 1.33 bits per heavy atom. The van der Waals surface area contributed by atoms with Gasteiger partial charge in [0.1, 0.15) is 5.75 Å². The first kappa shape index (κ1) is 21.0. The average Bonchev–Trinajstić information content (AvgIpc) is 3.09. The van der Waals surface area contributed by atoms with Crippen LogP contribution in [0.25, 0.3) is 0 Å². The van der Waals surface area contributed by atoms with Crippen molar-refractivity contribution in [3.8, 4) is 5.75 Å². The number of rotatable bonds is 8. The molecule has 6 heteroatoms. The van der Waals surface area contributed by atoms with Crippen molar-refractivity contribution < 1.29 is 9.47 Å². The molecule has 2 rings (SSSR count). The fourth-order valence-electron chi connectivity index (χ4n) is 3.24. The molecule has 3 N–H and O–H groups in total. The number of anilines is 1. The van der Waals surface area contributed by atoms with E-state index in [4.69, 9.17) is 15.2 Å². The Bertz CT molecular complexity index is 505. The Labute approximate surface area is 162 Å². The lowest BCUT2D eigenvalue weighted by molar-refractivity contribution is 0.0178. The monoisotopic (exact) mass is 447 g/mol. The van der Waals surface area contributed by atoms with Gasteiger partial charge in [0, 0.05) is 13.2 Å². The molecule has 1 aromatic carbocycles. The van der Waals surface area contributed by atoms with Crippen molar-refractivity contribution in [2.24, 2.45) is 16.6 Å². The van der Waals surface area contributed by atoms with Crippen molar-refractivity contribution in [1.82, 2.24) is 0 Å². The quantitative estimate of drug-likeness (QED) is 0.359. The molecule has 0 aliphatic heterocycles. The summed E-state index contributed by atoms with van der Waals surface area (Å²) in [6.45, 7) is 3.50. The lowest BCUT2D eigenvalue weighted by Crippen LogP contribution is -2.26. The van der Waals surface area contributed by atoms with Crippen LogP contribution in [0.2, 0.25) is 0 Å². The summed E-state index contributed by atoms with van der Waals surface area (Å²) in [5, 5.41) is 3.10. The van der Waals surface area contributed by atoms with Gasteiger partial charge >= 0.3 is 0 Å². The molecule has 1 aliphatic rings. The first-order valence-electron chi connectivity index (χ1n) is 8.56. The molecule has 0 bridgehead atoms. The van der Waals surface area contributed by atoms with Gasteiger partial charge in [0.25, 0.3) is 0 Å². The molecule has 1 saturated carbocycles. The average molecular weight is 447 g/mol. The number of nitrogens with zero attached hydrogens (tertiary/aromatic N) is 1. The van der Waals surface area contributed by atoms with Crippen molar-refractivity contribution in [3.63, 3.8) is 0 Å². The predicted molar refractivity (Wildman–Crippen MR) is 111 cm³/mol. The molecule has 1 aromatic rings. The lowest BCUT2D eigenvalue weighted by atomic mass is 9.98. The van der Waals surface area contributed by atoms with Gasteiger partial charge in [-0.05, 0) is 44.2 Å². The van der Waals surface area contributed by atoms with Crippen LogP contribution in [-0.2, 0) is 4.74 Å². The number of halogens is 1. The summed E-state index contributed by atoms with van der Waals surface area (Å²) in [7, 11) is 1.64. The minimum atomic E-state index is 0. The Hall–Kier alpha value is -1.02. The molecular formula is C18H30IN3O2. The summed E-state index contributed by atoms with van der Waals surface area (Å²) in [5.41, 5.74) is 6.81. The SMILES string of the molecule is CCOC(CCN=C(N)Nc1ccccc1OC)C1CCCC1.I. The molecule has 5 nitrogen and oxygen atoms in total. The van der Waals surface area contributed by atoms with Gasteiger partial charge in [0.2, 0.25) is 0 Å². The molecule has 0 saturated heterocycles. The molecule has 0 heterocycles. The number of nitrogens with one attached hydrogen (secondary N) is 1. The Morgan fingerprint density at radius 3 is 2.71 bits per heavy atom. The second kappa shape index (κ2) is 11.5. The third-order valence-electron chi connectivity index (χ3n) is 4.37. The second-order valence-electron chi connectivity index (χ2n) is 5.92. The molecular weight excluding hydrogens is 417 g/mol. The Morgan fingerprint density at radius 2 is 2.04 bits per heavy atom. The summed E-state index contributed by atoms with van der Waals surface area (Å²) in [5.74, 6) is 1.86. The van der Waals surface area contributed by atoms with Crippen molar-refractivity contribution in [3.05, 3.63) is 24.3 Å². The van der Waals surface area contributed by atoms with E-state index in [1.807, 2.05) is 24.3 Å². The normalized spacial score (nSPS) is 16.5. The number of methoxy groups -OCH3 is 1. The maximum atomic E-state index is 5.99. The third-order valence-corrected chi connectivity index (χ3v) is 4.37. The number of para-hydroxylation sites is 2. The number of hydrogen-bond donors (Lipinski definition) is 2. The zero-order valence-corrected chi connectivity index (χ0v) is 17.0. The van der Waals surface area contributed by atoms with Crippen molar-refractivity contribution in [1.29, 1.82) is 0 Å². The molecule has 0 amide bonds. The molecule has 0 aromatic heterocycles. The van der Waals surface area contributed by atoms with Crippen LogP contribution >= 0.6 is 24.0 Å². The largest absolute Gasteiger partial charge is 0.495 e. The van der Waals surface area contributed by atoms with E-state index in [1.165, 1.54) is 25.7 Å². The lowest BCUT2D eigenvalue weighted by Gasteiger charge is -2.22. The van der Waals surface area contributed by atoms with E-state index >= 15 is 0 Å². The first-order valence-corrected chi connectivity index (χ1v) is 8.56. The van der Waals surface area contributed by atoms with Crippen molar-refractivity contribution in [2.75, 3.05) is 25.6 Å². The van der Waals surface area contributed by atoms with E-state index in [9.17, 15) is 0 Å². The fourth-order valence-corrected chi connectivity index (χ4v) is 3.24. The van der Waals surface area contributed by atoms with E-state index in [0.717, 1.165) is 24.5 Å². The highest BCUT2D eigenvalue weighted by Gasteiger charge is 2.24. The highest BCUT2D eigenvalue weighted by atomic mass is 127. The van der Waals surface area contributed by atoms with Crippen molar-refractivity contribution in [2.45, 2.75) is 45.1 Å². The van der Waals surface area contributed by atoms with E-state index < -0.39 is 0 Å². The minimum Gasteiger partial charge on any atom is -0.495 e. The molecule has 24 heavy (non-hydrogen) atoms. The zero-order valence-electron chi connectivity index (χ0n) is 14.7. The molecule has 1 atom stereocenters. The summed E-state index contributed by atoms with van der Waals surface area (Å²) in [4.78, 5) is 4.44. The van der Waals surface area contributed by atoms with Gasteiger partial charge < -0.3 is 20.5 Å². The van der Waals surface area contributed by atoms with Gasteiger partial charge in [-0.2, -0.15) is 0 Å². The Kier molecular flexibility index (Phi) is 10.1. The predicted octanol–water partition coefficient (Wildman–Crippen LogP) is 4.03. The van der Waals surface area contributed by atoms with Gasteiger partial charge in [-0.1, -0.05) is 25.0 Å². The van der Waals surface area contributed by atoms with Crippen LogP contribution in [0, 0.1) is 5.92 Å². The molecule has 0 spiro atoms. The van der Waals surface area contributed by atoms with E-state index in [-0.39, 0.29) is 24.0 Å². The molecule has 1 aliphatic carbocycles. The van der Waals surface area contributed by atoms with Crippen LogP contribution in [0.4, 0.5) is 5.69 Å². The van der Waals surface area contributed by atoms with Crippen molar-refractivity contribution >= 4 is 35.6 Å². The van der Waals surface area contributed by atoms with E-state index in [1.54, 1.807) is 7.11 Å². The number of benzene rings is 1. The number of aliphatic imine (C=N–C) groups is 1. The maximum absolute atomic E-state index is 5.99. The zero-order chi connectivity index (χ0) is 16.5. The van der Waals surface area contributed by atoms with Gasteiger partial charge in [0.15, 0.2) is 5.96 Å². The first-order chi connectivity index (χ1) is 11.2. The topological polar surface area (TPSA) is 68.9 Å². The van der Waals surface area contributed by atoms with Crippen LogP contribution in [0.1, 0.15) is 39.0 Å². The molecule has 136 valence electrons. The van der Waals surface area contributed by atoms with Gasteiger partial charge in [0.05, 0.1) is 18.9 Å². The maximum Gasteiger partial charge on any atom is 0.193 e. The fraction of sp³-hybridized carbons (Fsp3) is 0.611. The van der Waals surface area contributed by atoms with Crippen LogP contribution in [-0.4, -0.2) is 32.3 Å². The second-order valence-corrected chi connectivity index (χ2v) is 5.92. The van der Waals surface area contributed by atoms with Crippen LogP contribution in [0.3, 0.4) is 0 Å². The summed E-state index contributed by atoms with van der Waals surface area (Å²) in [6.07, 6.45) is 6.45. The third kappa shape index (κ3) is 6.47. The van der Waals surface area contributed by atoms with Crippen LogP contribution in [0.5, 0.6) is 5.75 Å². The van der Waals surface area contributed by atoms with Gasteiger partial charge in [-0.15, -0.1) is 24.0 Å². The van der Waals surface area contributed by atoms with Crippen LogP contribution in [0.15, 0.2) is 29.3 Å². The standard InChI is InChI=1S/C18H29N3O2.HI/c1-3-23-16(14-8-4-5-9-14)12-13-20-18(19)21-15-10-6-7-11-17(15)22-2;/h6-7,10-11,14,16H,3-5,8-9,12-13H2,1-2H3,(H3,19,20,21);1H. The highest BCUT2D eigenvalue weighted by molar-refractivity contribution is 14.0. The summed E-state index contributed by atoms with van der Waals surface area (Å²) >= 11 is 0. The summed E-state index contributed by atoms with van der Waals surface area (Å²) < 4.78 is 11.2. The number of ether oxygens (including phenoxy) is 2. The van der Waals surface area contributed by atoms with Gasteiger partial charge in [-0.25, -0.2) is 0 Å². The number of hydrogen-bond acceptors (Lipinski definition) is 3. The Balaban J connectivity index is 0.00000288. The van der Waals surface area contributed by atoms with E-state index in [2.05, 4.69) is 17.2 Å². The summed E-state index contributed by atoms with van der Waals surface area (Å²) in [6, 6.07) is 7.67. The number of guanidine groups is 1. The molecule has 0 radical (unpaired) electrons. The smallest absolute Gasteiger partial charge is 0.193 e. The highest BCUT2D eigenvalue weighted by Crippen LogP contribution is 2.30. The van der Waals surface area contributed by atoms with Gasteiger partial charge in [-0.3, -0.25) is 4.99 Å². The number of nitrogens with two attached hydrogens (primary N) is 1. The molecule has 1 unspecified atom stereocenters. The van der Waals surface area contributed by atoms with E-state index in [0.29, 0.717) is 24.5 Å². The minimum absolute atomic E-state index is 0. The molecule has 1 fully saturated rings. The van der Waals surface area contributed by atoms with Crippen LogP contribution < -0.4 is 15.8 Å².